The van der Waals surface area contributed by atoms with Crippen LogP contribution in [0.2, 0.25) is 0 Å². The average molecular weight is 429 g/mol. The molecule has 172 valence electrons. The van der Waals surface area contributed by atoms with Crippen molar-refractivity contribution < 1.29 is 0 Å². The van der Waals surface area contributed by atoms with Crippen LogP contribution < -0.4 is 0 Å². The third-order valence-electron chi connectivity index (χ3n) is 8.27. The lowest BCUT2D eigenvalue weighted by Gasteiger charge is -2.29. The number of benzene rings is 2. The minimum absolute atomic E-state index is 0.781. The molecule has 0 heteroatoms. The molecule has 2 aliphatic carbocycles. The Kier molecular flexibility index (Phi) is 8.66. The fraction of sp³-hybridized carbons (Fsp3) is 0.562. The molecular weight excluding hydrogens is 384 g/mol. The van der Waals surface area contributed by atoms with Crippen molar-refractivity contribution in [1.29, 1.82) is 0 Å². The number of hydrogen-bond acceptors (Lipinski definition) is 0. The highest BCUT2D eigenvalue weighted by Gasteiger charge is 2.22. The van der Waals surface area contributed by atoms with Crippen molar-refractivity contribution in [3.8, 4) is 11.1 Å². The van der Waals surface area contributed by atoms with Crippen LogP contribution >= 0.6 is 0 Å². The highest BCUT2D eigenvalue weighted by Crippen LogP contribution is 2.38. The van der Waals surface area contributed by atoms with Gasteiger partial charge in [0, 0.05) is 0 Å². The van der Waals surface area contributed by atoms with Crippen LogP contribution in [0.3, 0.4) is 0 Å². The standard InChI is InChI=1S/C32H44/c1-3-5-7-25-9-13-27(14-10-25)29-17-21-31(22-18-29)32-23-19-30(20-24-32)28-15-11-26(12-16-28)8-6-4-2/h13,17-26,28H,3-12,14-16H2,1-2H3. The molecule has 0 heterocycles. The van der Waals surface area contributed by atoms with Crippen LogP contribution in [0.5, 0.6) is 0 Å². The lowest BCUT2D eigenvalue weighted by Crippen LogP contribution is -2.13. The van der Waals surface area contributed by atoms with Gasteiger partial charge in [-0.15, -0.1) is 0 Å². The summed E-state index contributed by atoms with van der Waals surface area (Å²) in [5.41, 5.74) is 7.26. The van der Waals surface area contributed by atoms with E-state index in [2.05, 4.69) is 68.5 Å². The Morgan fingerprint density at radius 2 is 1.19 bits per heavy atom. The van der Waals surface area contributed by atoms with Crippen molar-refractivity contribution >= 4 is 5.57 Å². The Labute approximate surface area is 197 Å². The number of allylic oxidation sites excluding steroid dienone is 2. The first-order valence-electron chi connectivity index (χ1n) is 13.7. The van der Waals surface area contributed by atoms with Gasteiger partial charge in [-0.2, -0.15) is 0 Å². The van der Waals surface area contributed by atoms with E-state index in [1.807, 2.05) is 0 Å². The molecule has 2 aromatic carbocycles. The van der Waals surface area contributed by atoms with Crippen LogP contribution in [0.1, 0.15) is 114 Å². The SMILES string of the molecule is CCCCC1CC=C(c2ccc(-c3ccc(C4CCC(CCCC)CC4)cc3)cc2)CC1. The summed E-state index contributed by atoms with van der Waals surface area (Å²) in [5.74, 6) is 2.69. The van der Waals surface area contributed by atoms with Gasteiger partial charge < -0.3 is 0 Å². The predicted molar refractivity (Wildman–Crippen MR) is 141 cm³/mol. The molecule has 1 unspecified atom stereocenters. The van der Waals surface area contributed by atoms with E-state index in [-0.39, 0.29) is 0 Å². The lowest BCUT2D eigenvalue weighted by molar-refractivity contribution is 0.304. The van der Waals surface area contributed by atoms with E-state index < -0.39 is 0 Å². The zero-order valence-corrected chi connectivity index (χ0v) is 20.6. The van der Waals surface area contributed by atoms with E-state index in [0.29, 0.717) is 0 Å². The summed E-state index contributed by atoms with van der Waals surface area (Å²) in [6.07, 6.45) is 20.4. The first-order chi connectivity index (χ1) is 15.8. The molecule has 0 amide bonds. The van der Waals surface area contributed by atoms with Gasteiger partial charge in [0.15, 0.2) is 0 Å². The monoisotopic (exact) mass is 428 g/mol. The van der Waals surface area contributed by atoms with Gasteiger partial charge in [0.2, 0.25) is 0 Å². The van der Waals surface area contributed by atoms with E-state index in [1.54, 1.807) is 11.1 Å². The van der Waals surface area contributed by atoms with Crippen molar-refractivity contribution in [1.82, 2.24) is 0 Å². The first-order valence-corrected chi connectivity index (χ1v) is 13.7. The van der Waals surface area contributed by atoms with E-state index in [1.165, 1.54) is 100 Å². The molecule has 2 aromatic rings. The largest absolute Gasteiger partial charge is 0.0804 e. The number of hydrogen-bond donors (Lipinski definition) is 0. The zero-order chi connectivity index (χ0) is 22.2. The quantitative estimate of drug-likeness (QED) is 0.372. The normalized spacial score (nSPS) is 23.7. The molecular formula is C32H44. The van der Waals surface area contributed by atoms with Crippen molar-refractivity contribution in [3.05, 3.63) is 65.7 Å². The molecule has 0 aromatic heterocycles. The second kappa shape index (κ2) is 11.9. The summed E-state index contributed by atoms with van der Waals surface area (Å²) in [7, 11) is 0. The van der Waals surface area contributed by atoms with Gasteiger partial charge in [-0.3, -0.25) is 0 Å². The van der Waals surface area contributed by atoms with Crippen LogP contribution in [0.4, 0.5) is 0 Å². The average Bonchev–Trinajstić information content (AvgIpc) is 2.87. The molecule has 0 bridgehead atoms. The molecule has 2 aliphatic rings. The van der Waals surface area contributed by atoms with Crippen LogP contribution in [0.25, 0.3) is 16.7 Å². The Morgan fingerprint density at radius 1 is 0.625 bits per heavy atom. The van der Waals surface area contributed by atoms with E-state index in [0.717, 1.165) is 17.8 Å². The minimum Gasteiger partial charge on any atom is -0.0804 e. The van der Waals surface area contributed by atoms with Crippen molar-refractivity contribution in [3.63, 3.8) is 0 Å². The first kappa shape index (κ1) is 23.3. The fourth-order valence-electron chi connectivity index (χ4n) is 6.01. The van der Waals surface area contributed by atoms with Gasteiger partial charge in [0.25, 0.3) is 0 Å². The minimum atomic E-state index is 0.781. The zero-order valence-electron chi connectivity index (χ0n) is 20.6. The Balaban J connectivity index is 1.32. The van der Waals surface area contributed by atoms with Crippen LogP contribution in [-0.2, 0) is 0 Å². The molecule has 0 saturated heterocycles. The second-order valence-electron chi connectivity index (χ2n) is 10.6. The number of rotatable bonds is 9. The van der Waals surface area contributed by atoms with Crippen molar-refractivity contribution in [2.45, 2.75) is 103 Å². The summed E-state index contributed by atoms with van der Waals surface area (Å²) >= 11 is 0. The highest BCUT2D eigenvalue weighted by molar-refractivity contribution is 5.71. The third kappa shape index (κ3) is 6.15. The Hall–Kier alpha value is -1.82. The van der Waals surface area contributed by atoms with Crippen LogP contribution in [0.15, 0.2) is 54.6 Å². The maximum absolute atomic E-state index is 2.52. The molecule has 4 rings (SSSR count). The van der Waals surface area contributed by atoms with E-state index in [9.17, 15) is 0 Å². The topological polar surface area (TPSA) is 0 Å². The van der Waals surface area contributed by atoms with Gasteiger partial charge >= 0.3 is 0 Å². The summed E-state index contributed by atoms with van der Waals surface area (Å²) in [6, 6.07) is 18.9. The molecule has 0 aliphatic heterocycles. The van der Waals surface area contributed by atoms with Gasteiger partial charge in [-0.1, -0.05) is 107 Å². The Bertz CT molecular complexity index is 831. The molecule has 1 fully saturated rings. The molecule has 0 nitrogen and oxygen atoms in total. The summed E-state index contributed by atoms with van der Waals surface area (Å²) in [6.45, 7) is 4.62. The second-order valence-corrected chi connectivity index (χ2v) is 10.6. The van der Waals surface area contributed by atoms with Crippen molar-refractivity contribution in [2.24, 2.45) is 11.8 Å². The lowest BCUT2D eigenvalue weighted by atomic mass is 9.77. The maximum atomic E-state index is 2.52. The van der Waals surface area contributed by atoms with Gasteiger partial charge in [0.05, 0.1) is 0 Å². The third-order valence-corrected chi connectivity index (χ3v) is 8.27. The van der Waals surface area contributed by atoms with Gasteiger partial charge in [-0.25, -0.2) is 0 Å². The summed E-state index contributed by atoms with van der Waals surface area (Å²) < 4.78 is 0. The van der Waals surface area contributed by atoms with E-state index in [4.69, 9.17) is 0 Å². The fourth-order valence-corrected chi connectivity index (χ4v) is 6.01. The Morgan fingerprint density at radius 3 is 1.75 bits per heavy atom. The molecule has 1 saturated carbocycles. The van der Waals surface area contributed by atoms with Gasteiger partial charge in [0.1, 0.15) is 0 Å². The maximum Gasteiger partial charge on any atom is -0.0162 e. The molecule has 0 spiro atoms. The van der Waals surface area contributed by atoms with E-state index >= 15 is 0 Å². The molecule has 32 heavy (non-hydrogen) atoms. The summed E-state index contributed by atoms with van der Waals surface area (Å²) in [4.78, 5) is 0. The smallest absolute Gasteiger partial charge is 0.0162 e. The molecule has 1 atom stereocenters. The van der Waals surface area contributed by atoms with Crippen LogP contribution in [0, 0.1) is 11.8 Å². The molecule has 0 N–H and O–H groups in total. The number of unbranched alkanes of at least 4 members (excludes halogenated alkanes) is 2. The molecule has 0 radical (unpaired) electrons. The van der Waals surface area contributed by atoms with Crippen molar-refractivity contribution in [2.75, 3.05) is 0 Å². The highest BCUT2D eigenvalue weighted by atomic mass is 14.3. The van der Waals surface area contributed by atoms with Crippen LogP contribution in [-0.4, -0.2) is 0 Å². The summed E-state index contributed by atoms with van der Waals surface area (Å²) in [5, 5.41) is 0. The van der Waals surface area contributed by atoms with Gasteiger partial charge in [-0.05, 0) is 90.5 Å². The predicted octanol–water partition coefficient (Wildman–Crippen LogP) is 10.2.